The number of hydrogen-bond donors (Lipinski definition) is 4. The first kappa shape index (κ1) is 26.6. The fraction of sp³-hybridized carbons (Fsp3) is 0.684. The minimum Gasteiger partial charge on any atom is -0.380 e. The first-order chi connectivity index (χ1) is 15.5. The molecule has 11 nitrogen and oxygen atoms in total. The Kier molecular flexibility index (Phi) is 8.97. The summed E-state index contributed by atoms with van der Waals surface area (Å²) in [5.41, 5.74) is 1.68. The first-order valence-electron chi connectivity index (χ1n) is 10.8. The van der Waals surface area contributed by atoms with E-state index < -0.39 is 27.2 Å². The van der Waals surface area contributed by atoms with Gasteiger partial charge in [-0.15, -0.1) is 0 Å². The van der Waals surface area contributed by atoms with Crippen LogP contribution in [-0.2, 0) is 18.4 Å². The van der Waals surface area contributed by atoms with E-state index in [-0.39, 0.29) is 12.5 Å². The molecule has 0 saturated heterocycles. The Morgan fingerprint density at radius 3 is 2.61 bits per heavy atom. The van der Waals surface area contributed by atoms with E-state index in [9.17, 15) is 14.0 Å². The summed E-state index contributed by atoms with van der Waals surface area (Å²) in [7, 11) is -7.72. The van der Waals surface area contributed by atoms with E-state index in [1.165, 1.54) is 26.4 Å². The van der Waals surface area contributed by atoms with Gasteiger partial charge in [0.15, 0.2) is 11.1 Å². The van der Waals surface area contributed by atoms with Crippen molar-refractivity contribution in [3.63, 3.8) is 0 Å². The molecule has 0 amide bonds. The molecule has 1 aliphatic carbocycles. The van der Waals surface area contributed by atoms with Gasteiger partial charge in [-0.25, -0.2) is 9.50 Å². The molecule has 0 aromatic carbocycles. The highest BCUT2D eigenvalue weighted by molar-refractivity contribution is 7.70. The zero-order valence-electron chi connectivity index (χ0n) is 18.6. The third-order valence-corrected chi connectivity index (χ3v) is 9.32. The van der Waals surface area contributed by atoms with Crippen LogP contribution in [0.5, 0.6) is 0 Å². The largest absolute Gasteiger partial charge is 0.380 e. The van der Waals surface area contributed by atoms with Crippen molar-refractivity contribution in [3.8, 4) is 0 Å². The van der Waals surface area contributed by atoms with Crippen LogP contribution >= 0.6 is 26.8 Å². The molecule has 2 heterocycles. The van der Waals surface area contributed by atoms with Crippen molar-refractivity contribution >= 4 is 38.0 Å². The van der Waals surface area contributed by atoms with Gasteiger partial charge in [0.2, 0.25) is 0 Å². The van der Waals surface area contributed by atoms with Crippen molar-refractivity contribution in [1.29, 1.82) is 0 Å². The summed E-state index contributed by atoms with van der Waals surface area (Å²) in [5.74, 6) is -0.783. The summed E-state index contributed by atoms with van der Waals surface area (Å²) in [4.78, 5) is 32.1. The van der Waals surface area contributed by atoms with Gasteiger partial charge in [0.1, 0.15) is 11.3 Å². The lowest BCUT2D eigenvalue weighted by molar-refractivity contribution is 0.0437. The summed E-state index contributed by atoms with van der Waals surface area (Å²) in [5, 5.41) is 8.31. The van der Waals surface area contributed by atoms with Crippen LogP contribution in [0, 0.1) is 0 Å². The van der Waals surface area contributed by atoms with Gasteiger partial charge in [0, 0.05) is 25.1 Å². The van der Waals surface area contributed by atoms with Crippen molar-refractivity contribution in [2.45, 2.75) is 63.5 Å². The zero-order valence-corrected chi connectivity index (χ0v) is 21.2. The topological polar surface area (TPSA) is 156 Å². The van der Waals surface area contributed by atoms with Crippen LogP contribution in [0.2, 0.25) is 5.15 Å². The Labute approximate surface area is 197 Å². The lowest BCUT2D eigenvalue weighted by Gasteiger charge is -2.24. The molecule has 3 rings (SSSR count). The van der Waals surface area contributed by atoms with Gasteiger partial charge in [-0.2, -0.15) is 5.10 Å². The van der Waals surface area contributed by atoms with E-state index in [1.54, 1.807) is 16.8 Å². The van der Waals surface area contributed by atoms with E-state index in [2.05, 4.69) is 15.4 Å². The normalized spacial score (nSPS) is 19.3. The quantitative estimate of drug-likeness (QED) is 0.317. The monoisotopic (exact) mass is 524 g/mol. The SMILES string of the molecule is CO[C@H](COP(=O)(O)CP(=O)(O)O)CC(C)c1ncc2c(NC3CCCCC3)cc(Cl)nn12. The van der Waals surface area contributed by atoms with Crippen LogP contribution in [0.4, 0.5) is 5.69 Å². The number of hydrogen-bond acceptors (Lipinski definition) is 7. The van der Waals surface area contributed by atoms with E-state index in [0.717, 1.165) is 24.0 Å². The molecule has 1 aliphatic rings. The summed E-state index contributed by atoms with van der Waals surface area (Å²) in [6, 6.07) is 2.18. The zero-order chi connectivity index (χ0) is 24.2. The maximum Gasteiger partial charge on any atom is 0.340 e. The highest BCUT2D eigenvalue weighted by Crippen LogP contribution is 2.55. The smallest absolute Gasteiger partial charge is 0.340 e. The minimum absolute atomic E-state index is 0.186. The van der Waals surface area contributed by atoms with Crippen LogP contribution in [0.1, 0.15) is 57.2 Å². The molecular weight excluding hydrogens is 494 g/mol. The molecular formula is C19H31ClN4O7P2. The van der Waals surface area contributed by atoms with E-state index >= 15 is 0 Å². The molecule has 4 N–H and O–H groups in total. The van der Waals surface area contributed by atoms with Gasteiger partial charge < -0.3 is 29.3 Å². The highest BCUT2D eigenvalue weighted by Gasteiger charge is 2.32. The number of halogens is 1. The molecule has 14 heteroatoms. The molecule has 1 fully saturated rings. The van der Waals surface area contributed by atoms with E-state index in [0.29, 0.717) is 23.4 Å². The lowest BCUT2D eigenvalue weighted by atomic mass is 9.95. The van der Waals surface area contributed by atoms with Crippen LogP contribution in [0.15, 0.2) is 12.3 Å². The molecule has 1 saturated carbocycles. The molecule has 186 valence electrons. The summed E-state index contributed by atoms with van der Waals surface area (Å²) < 4.78 is 34.9. The van der Waals surface area contributed by atoms with Gasteiger partial charge in [-0.3, -0.25) is 9.13 Å². The van der Waals surface area contributed by atoms with Crippen LogP contribution in [0.3, 0.4) is 0 Å². The summed E-state index contributed by atoms with van der Waals surface area (Å²) >= 11 is 6.29. The number of nitrogens with one attached hydrogen (secondary N) is 1. The number of nitrogens with zero attached hydrogens (tertiary/aromatic N) is 3. The summed E-state index contributed by atoms with van der Waals surface area (Å²) in [6.45, 7) is 1.60. The Morgan fingerprint density at radius 1 is 1.27 bits per heavy atom. The number of rotatable bonds is 11. The minimum atomic E-state index is -4.69. The third kappa shape index (κ3) is 7.73. The molecule has 0 radical (unpaired) electrons. The predicted octanol–water partition coefficient (Wildman–Crippen LogP) is 3.97. The fourth-order valence-corrected chi connectivity index (χ4v) is 6.86. The van der Waals surface area contributed by atoms with E-state index in [1.807, 2.05) is 6.92 Å². The van der Waals surface area contributed by atoms with Crippen LogP contribution in [0.25, 0.3) is 5.52 Å². The Bertz CT molecular complexity index is 1040. The standard InChI is InChI=1S/C19H31ClN4O7P2/c1-13(8-15(30-2)11-31-33(28,29)12-32(25,26)27)19-21-10-17-16(9-18(20)23-24(17)19)22-14-6-4-3-5-7-14/h9-10,13-15,22H,3-8,11-12H2,1-2H3,(H,28,29)(H2,25,26,27)/t13?,15-/m0/s1. The average Bonchev–Trinajstić information content (AvgIpc) is 3.14. The number of imidazole rings is 1. The molecule has 3 atom stereocenters. The number of fused-ring (bicyclic) bond motifs is 1. The van der Waals surface area contributed by atoms with Crippen molar-refractivity contribution in [1.82, 2.24) is 14.6 Å². The maximum atomic E-state index is 11.9. The lowest BCUT2D eigenvalue weighted by Crippen LogP contribution is -2.23. The Hall–Kier alpha value is -1.03. The number of methoxy groups -OCH3 is 1. The second kappa shape index (κ2) is 11.1. The predicted molar refractivity (Wildman–Crippen MR) is 125 cm³/mol. The third-order valence-electron chi connectivity index (χ3n) is 5.68. The van der Waals surface area contributed by atoms with Gasteiger partial charge in [-0.1, -0.05) is 37.8 Å². The molecule has 0 aliphatic heterocycles. The van der Waals surface area contributed by atoms with Gasteiger partial charge >= 0.3 is 15.2 Å². The Balaban J connectivity index is 1.71. The van der Waals surface area contributed by atoms with Crippen molar-refractivity contribution < 1.29 is 33.1 Å². The van der Waals surface area contributed by atoms with Gasteiger partial charge in [0.05, 0.1) is 24.6 Å². The molecule has 0 spiro atoms. The van der Waals surface area contributed by atoms with E-state index in [4.69, 9.17) is 30.6 Å². The second-order valence-electron chi connectivity index (χ2n) is 8.51. The van der Waals surface area contributed by atoms with Crippen LogP contribution < -0.4 is 5.32 Å². The van der Waals surface area contributed by atoms with Crippen molar-refractivity contribution in [3.05, 3.63) is 23.2 Å². The molecule has 33 heavy (non-hydrogen) atoms. The number of ether oxygens (including phenoxy) is 1. The van der Waals surface area contributed by atoms with Crippen molar-refractivity contribution in [2.24, 2.45) is 0 Å². The molecule has 2 unspecified atom stereocenters. The Morgan fingerprint density at radius 2 is 1.97 bits per heavy atom. The van der Waals surface area contributed by atoms with Gasteiger partial charge in [-0.05, 0) is 19.3 Å². The van der Waals surface area contributed by atoms with Crippen molar-refractivity contribution in [2.75, 3.05) is 24.9 Å². The molecule has 2 aromatic heterocycles. The number of aromatic nitrogens is 3. The summed E-state index contributed by atoms with van der Waals surface area (Å²) in [6.07, 6.45) is 7.36. The first-order valence-corrected chi connectivity index (χ1v) is 14.8. The molecule has 2 aromatic rings. The maximum absolute atomic E-state index is 11.9. The van der Waals surface area contributed by atoms with Crippen LogP contribution in [-0.4, -0.2) is 61.0 Å². The number of anilines is 1. The molecule has 0 bridgehead atoms. The fourth-order valence-electron chi connectivity index (χ4n) is 4.09. The highest BCUT2D eigenvalue weighted by atomic mass is 35.5. The van der Waals surface area contributed by atoms with Gasteiger partial charge in [0.25, 0.3) is 0 Å². The average molecular weight is 525 g/mol. The second-order valence-corrected chi connectivity index (χ2v) is 12.9.